The first-order chi connectivity index (χ1) is 9.49. The van der Waals surface area contributed by atoms with E-state index in [0.717, 1.165) is 0 Å². The summed E-state index contributed by atoms with van der Waals surface area (Å²) in [5, 5.41) is 12.0. The Morgan fingerprint density at radius 2 is 1.90 bits per heavy atom. The normalized spacial score (nSPS) is 10.1. The number of halogens is 2. The minimum atomic E-state index is -1.17. The largest absolute Gasteiger partial charge is 0.478 e. The average Bonchev–Trinajstić information content (AvgIpc) is 2.41. The number of carboxylic acid groups (broad SMARTS) is 1. The molecule has 0 aliphatic carbocycles. The monoisotopic (exact) mass is 310 g/mol. The van der Waals surface area contributed by atoms with Gasteiger partial charge in [0, 0.05) is 11.2 Å². The number of hydrogen-bond acceptors (Lipinski definition) is 3. The first-order valence-electron chi connectivity index (χ1n) is 5.42. The van der Waals surface area contributed by atoms with Crippen LogP contribution in [0, 0.1) is 0 Å². The van der Waals surface area contributed by atoms with Crippen LogP contribution in [-0.4, -0.2) is 22.0 Å². The van der Waals surface area contributed by atoms with E-state index in [0.29, 0.717) is 5.02 Å². The van der Waals surface area contributed by atoms with Crippen molar-refractivity contribution >= 4 is 40.8 Å². The zero-order valence-corrected chi connectivity index (χ0v) is 11.4. The molecular formula is C13H8Cl2N2O3. The molecule has 20 heavy (non-hydrogen) atoms. The Morgan fingerprint density at radius 1 is 1.15 bits per heavy atom. The Kier molecular flexibility index (Phi) is 4.22. The molecule has 1 heterocycles. The highest BCUT2D eigenvalue weighted by molar-refractivity contribution is 6.36. The van der Waals surface area contributed by atoms with Crippen molar-refractivity contribution in [1.29, 1.82) is 0 Å². The number of carbonyl (C=O) groups excluding carboxylic acids is 1. The summed E-state index contributed by atoms with van der Waals surface area (Å²) in [6.45, 7) is 0. The van der Waals surface area contributed by atoms with Gasteiger partial charge in [-0.3, -0.25) is 9.78 Å². The second kappa shape index (κ2) is 5.90. The number of carboxylic acids is 1. The molecule has 2 rings (SSSR count). The van der Waals surface area contributed by atoms with Gasteiger partial charge in [-0.05, 0) is 24.3 Å². The van der Waals surface area contributed by atoms with E-state index in [-0.39, 0.29) is 21.8 Å². The number of nitrogens with zero attached hydrogens (tertiary/aromatic N) is 1. The van der Waals surface area contributed by atoms with Crippen LogP contribution in [0.4, 0.5) is 5.69 Å². The van der Waals surface area contributed by atoms with Crippen LogP contribution >= 0.6 is 23.2 Å². The summed E-state index contributed by atoms with van der Waals surface area (Å²) in [6, 6.07) is 5.72. The highest BCUT2D eigenvalue weighted by Gasteiger charge is 2.15. The van der Waals surface area contributed by atoms with E-state index in [1.54, 1.807) is 6.07 Å². The number of aromatic nitrogens is 1. The number of rotatable bonds is 3. The zero-order valence-electron chi connectivity index (χ0n) is 9.93. The summed E-state index contributed by atoms with van der Waals surface area (Å²) in [4.78, 5) is 26.9. The lowest BCUT2D eigenvalue weighted by Crippen LogP contribution is -2.15. The minimum Gasteiger partial charge on any atom is -0.478 e. The van der Waals surface area contributed by atoms with Gasteiger partial charge in [0.2, 0.25) is 0 Å². The van der Waals surface area contributed by atoms with E-state index in [1.807, 2.05) is 0 Å². The fourth-order valence-electron chi connectivity index (χ4n) is 1.54. The number of pyridine rings is 1. The summed E-state index contributed by atoms with van der Waals surface area (Å²) >= 11 is 11.7. The van der Waals surface area contributed by atoms with Gasteiger partial charge in [0.1, 0.15) is 0 Å². The number of anilines is 1. The summed E-state index contributed by atoms with van der Waals surface area (Å²) in [6.07, 6.45) is 2.57. The lowest BCUT2D eigenvalue weighted by molar-refractivity contribution is 0.0698. The molecule has 0 fully saturated rings. The summed E-state index contributed by atoms with van der Waals surface area (Å²) in [5.41, 5.74) is 0.173. The van der Waals surface area contributed by atoms with E-state index < -0.39 is 11.9 Å². The number of benzene rings is 1. The summed E-state index contributed by atoms with van der Waals surface area (Å²) in [5.74, 6) is -1.73. The molecule has 5 nitrogen and oxygen atoms in total. The van der Waals surface area contributed by atoms with Crippen LogP contribution in [0.25, 0.3) is 0 Å². The van der Waals surface area contributed by atoms with Crippen LogP contribution in [-0.2, 0) is 0 Å². The molecule has 0 saturated carbocycles. The third kappa shape index (κ3) is 3.07. The van der Waals surface area contributed by atoms with Crippen molar-refractivity contribution in [3.05, 3.63) is 57.8 Å². The molecule has 0 bridgehead atoms. The molecule has 102 valence electrons. The van der Waals surface area contributed by atoms with Gasteiger partial charge in [-0.2, -0.15) is 0 Å². The first kappa shape index (κ1) is 14.3. The Hall–Kier alpha value is -2.11. The van der Waals surface area contributed by atoms with E-state index >= 15 is 0 Å². The van der Waals surface area contributed by atoms with Crippen molar-refractivity contribution < 1.29 is 14.7 Å². The van der Waals surface area contributed by atoms with Crippen LogP contribution in [0.5, 0.6) is 0 Å². The van der Waals surface area contributed by atoms with Crippen molar-refractivity contribution in [3.8, 4) is 0 Å². The highest BCUT2D eigenvalue weighted by atomic mass is 35.5. The molecule has 1 amide bonds. The Morgan fingerprint density at radius 3 is 2.60 bits per heavy atom. The van der Waals surface area contributed by atoms with Crippen LogP contribution in [0.2, 0.25) is 10.0 Å². The van der Waals surface area contributed by atoms with Gasteiger partial charge >= 0.3 is 5.97 Å². The van der Waals surface area contributed by atoms with E-state index in [9.17, 15) is 9.59 Å². The van der Waals surface area contributed by atoms with Crippen molar-refractivity contribution in [2.75, 3.05) is 5.32 Å². The molecule has 0 aliphatic rings. The van der Waals surface area contributed by atoms with Crippen LogP contribution in [0.3, 0.4) is 0 Å². The van der Waals surface area contributed by atoms with Gasteiger partial charge in [-0.15, -0.1) is 0 Å². The first-order valence-corrected chi connectivity index (χ1v) is 6.18. The highest BCUT2D eigenvalue weighted by Crippen LogP contribution is 2.22. The van der Waals surface area contributed by atoms with Crippen molar-refractivity contribution in [1.82, 2.24) is 4.98 Å². The van der Waals surface area contributed by atoms with Gasteiger partial charge in [0.25, 0.3) is 5.91 Å². The fraction of sp³-hybridized carbons (Fsp3) is 0. The SMILES string of the molecule is O=C(Nc1cnccc1C(=O)O)c1cc(Cl)ccc1Cl. The molecule has 0 aliphatic heterocycles. The molecule has 7 heteroatoms. The van der Waals surface area contributed by atoms with E-state index in [1.165, 1.54) is 30.6 Å². The van der Waals surface area contributed by atoms with Crippen LogP contribution in [0.1, 0.15) is 20.7 Å². The number of hydrogen-bond donors (Lipinski definition) is 2. The molecule has 2 N–H and O–H groups in total. The third-order valence-corrected chi connectivity index (χ3v) is 3.04. The number of aromatic carboxylic acids is 1. The summed E-state index contributed by atoms with van der Waals surface area (Å²) < 4.78 is 0. The van der Waals surface area contributed by atoms with Crippen LogP contribution in [0.15, 0.2) is 36.7 Å². The minimum absolute atomic E-state index is 0.0634. The molecule has 0 radical (unpaired) electrons. The Labute approximate surface area is 124 Å². The fourth-order valence-corrected chi connectivity index (χ4v) is 1.92. The molecule has 1 aromatic carbocycles. The molecule has 1 aromatic heterocycles. The topological polar surface area (TPSA) is 79.3 Å². The second-order valence-electron chi connectivity index (χ2n) is 3.80. The predicted octanol–water partition coefficient (Wildman–Crippen LogP) is 3.34. The third-order valence-electron chi connectivity index (χ3n) is 2.47. The molecular weight excluding hydrogens is 303 g/mol. The van der Waals surface area contributed by atoms with Crippen LogP contribution < -0.4 is 5.32 Å². The maximum Gasteiger partial charge on any atom is 0.337 e. The van der Waals surface area contributed by atoms with E-state index in [4.69, 9.17) is 28.3 Å². The lowest BCUT2D eigenvalue weighted by atomic mass is 10.2. The number of nitrogens with one attached hydrogen (secondary N) is 1. The van der Waals surface area contributed by atoms with Crippen molar-refractivity contribution in [3.63, 3.8) is 0 Å². The second-order valence-corrected chi connectivity index (χ2v) is 4.65. The molecule has 0 atom stereocenters. The quantitative estimate of drug-likeness (QED) is 0.911. The molecule has 0 unspecified atom stereocenters. The number of amides is 1. The average molecular weight is 311 g/mol. The maximum atomic E-state index is 12.1. The Balaban J connectivity index is 2.33. The van der Waals surface area contributed by atoms with E-state index in [2.05, 4.69) is 10.3 Å². The van der Waals surface area contributed by atoms with Gasteiger partial charge in [-0.1, -0.05) is 23.2 Å². The maximum absolute atomic E-state index is 12.1. The molecule has 0 spiro atoms. The lowest BCUT2D eigenvalue weighted by Gasteiger charge is -2.09. The van der Waals surface area contributed by atoms with Gasteiger partial charge in [0.05, 0.1) is 28.0 Å². The smallest absolute Gasteiger partial charge is 0.337 e. The Bertz CT molecular complexity index is 689. The van der Waals surface area contributed by atoms with Gasteiger partial charge < -0.3 is 10.4 Å². The zero-order chi connectivity index (χ0) is 14.7. The number of carbonyl (C=O) groups is 2. The molecule has 0 saturated heterocycles. The molecule has 2 aromatic rings. The van der Waals surface area contributed by atoms with Crippen molar-refractivity contribution in [2.45, 2.75) is 0 Å². The standard InChI is InChI=1S/C13H8Cl2N2O3/c14-7-1-2-10(15)9(5-7)12(18)17-11-6-16-4-3-8(11)13(19)20/h1-6H,(H,17,18)(H,19,20). The predicted molar refractivity (Wildman–Crippen MR) is 75.6 cm³/mol. The van der Waals surface area contributed by atoms with Crippen molar-refractivity contribution in [2.24, 2.45) is 0 Å². The van der Waals surface area contributed by atoms with Gasteiger partial charge in [0.15, 0.2) is 0 Å². The van der Waals surface area contributed by atoms with Gasteiger partial charge in [-0.25, -0.2) is 4.79 Å². The summed E-state index contributed by atoms with van der Waals surface area (Å²) in [7, 11) is 0.